The van der Waals surface area contributed by atoms with Crippen molar-refractivity contribution in [1.82, 2.24) is 10.2 Å². The highest BCUT2D eigenvalue weighted by Gasteiger charge is 2.32. The molecule has 2 atom stereocenters. The molecule has 2 saturated heterocycles. The number of amides is 1. The lowest BCUT2D eigenvalue weighted by Crippen LogP contribution is -2.42. The van der Waals surface area contributed by atoms with Crippen LogP contribution in [0.3, 0.4) is 0 Å². The molecule has 0 aromatic rings. The lowest BCUT2D eigenvalue weighted by molar-refractivity contribution is -0.131. The predicted molar refractivity (Wildman–Crippen MR) is 62.3 cm³/mol. The van der Waals surface area contributed by atoms with Gasteiger partial charge in [0.15, 0.2) is 0 Å². The van der Waals surface area contributed by atoms with Crippen molar-refractivity contribution >= 4 is 5.91 Å². The Balaban J connectivity index is 1.79. The van der Waals surface area contributed by atoms with Crippen molar-refractivity contribution in [3.63, 3.8) is 0 Å². The largest absolute Gasteiger partial charge is 0.376 e. The van der Waals surface area contributed by atoms with E-state index in [1.54, 1.807) is 0 Å². The summed E-state index contributed by atoms with van der Waals surface area (Å²) in [4.78, 5) is 13.9. The van der Waals surface area contributed by atoms with Gasteiger partial charge in [-0.25, -0.2) is 0 Å². The molecule has 0 aliphatic carbocycles. The number of carbonyl (C=O) groups is 1. The molecule has 92 valence electrons. The van der Waals surface area contributed by atoms with E-state index in [0.717, 1.165) is 39.1 Å². The summed E-state index contributed by atoms with van der Waals surface area (Å²) in [5, 5.41) is 3.23. The van der Waals surface area contributed by atoms with Crippen LogP contribution in [0.1, 0.15) is 32.6 Å². The Morgan fingerprint density at radius 2 is 2.31 bits per heavy atom. The Labute approximate surface area is 97.3 Å². The highest BCUT2D eigenvalue weighted by molar-refractivity contribution is 5.84. The molecule has 4 nitrogen and oxygen atoms in total. The van der Waals surface area contributed by atoms with E-state index in [-0.39, 0.29) is 18.1 Å². The number of likely N-dealkylation sites (N-methyl/N-ethyl adjacent to an activating group) is 1. The summed E-state index contributed by atoms with van der Waals surface area (Å²) in [6, 6.07) is 0.0496. The van der Waals surface area contributed by atoms with Gasteiger partial charge < -0.3 is 15.0 Å². The van der Waals surface area contributed by atoms with Crippen molar-refractivity contribution in [2.45, 2.75) is 44.8 Å². The minimum atomic E-state index is 0.0496. The van der Waals surface area contributed by atoms with E-state index in [1.807, 2.05) is 11.8 Å². The van der Waals surface area contributed by atoms with Crippen molar-refractivity contribution in [2.24, 2.45) is 0 Å². The average molecular weight is 226 g/mol. The Morgan fingerprint density at radius 3 is 3.00 bits per heavy atom. The second kappa shape index (κ2) is 5.64. The van der Waals surface area contributed by atoms with Crippen LogP contribution in [0.15, 0.2) is 0 Å². The van der Waals surface area contributed by atoms with Crippen LogP contribution in [0.4, 0.5) is 0 Å². The second-order valence-electron chi connectivity index (χ2n) is 4.67. The number of rotatable bonds is 4. The van der Waals surface area contributed by atoms with Gasteiger partial charge in [0.25, 0.3) is 0 Å². The number of nitrogens with one attached hydrogen (secondary N) is 1. The molecule has 2 unspecified atom stereocenters. The third-order valence-electron chi connectivity index (χ3n) is 3.45. The SMILES string of the molecule is CCNC1CCN(CC2CCCCO2)C1=O. The fourth-order valence-corrected chi connectivity index (χ4v) is 2.55. The molecule has 2 heterocycles. The van der Waals surface area contributed by atoms with Crippen molar-refractivity contribution in [3.8, 4) is 0 Å². The summed E-state index contributed by atoms with van der Waals surface area (Å²) in [6.07, 6.45) is 4.74. The molecule has 2 aliphatic rings. The van der Waals surface area contributed by atoms with Gasteiger partial charge in [-0.05, 0) is 32.2 Å². The maximum atomic E-state index is 12.0. The average Bonchev–Trinajstić information content (AvgIpc) is 2.64. The molecule has 2 rings (SSSR count). The summed E-state index contributed by atoms with van der Waals surface area (Å²) >= 11 is 0. The lowest BCUT2D eigenvalue weighted by Gasteiger charge is -2.27. The molecular formula is C12H22N2O2. The van der Waals surface area contributed by atoms with E-state index in [1.165, 1.54) is 12.8 Å². The minimum absolute atomic E-state index is 0.0496. The molecular weight excluding hydrogens is 204 g/mol. The molecule has 0 saturated carbocycles. The minimum Gasteiger partial charge on any atom is -0.376 e. The first kappa shape index (κ1) is 11.9. The third kappa shape index (κ3) is 2.74. The topological polar surface area (TPSA) is 41.6 Å². The summed E-state index contributed by atoms with van der Waals surface area (Å²) in [5.74, 6) is 0.260. The van der Waals surface area contributed by atoms with Gasteiger partial charge in [-0.1, -0.05) is 6.92 Å². The first-order valence-corrected chi connectivity index (χ1v) is 6.45. The number of hydrogen-bond donors (Lipinski definition) is 1. The molecule has 0 aromatic carbocycles. The van der Waals surface area contributed by atoms with E-state index in [2.05, 4.69) is 5.32 Å². The number of carbonyl (C=O) groups excluding carboxylic acids is 1. The van der Waals surface area contributed by atoms with E-state index < -0.39 is 0 Å². The molecule has 1 N–H and O–H groups in total. The van der Waals surface area contributed by atoms with Crippen LogP contribution in [0, 0.1) is 0 Å². The lowest BCUT2D eigenvalue weighted by atomic mass is 10.1. The maximum absolute atomic E-state index is 12.0. The molecule has 0 aromatic heterocycles. The van der Waals surface area contributed by atoms with Crippen LogP contribution < -0.4 is 5.32 Å². The van der Waals surface area contributed by atoms with E-state index >= 15 is 0 Å². The fraction of sp³-hybridized carbons (Fsp3) is 0.917. The molecule has 0 bridgehead atoms. The first-order chi connectivity index (χ1) is 7.81. The molecule has 16 heavy (non-hydrogen) atoms. The van der Waals surface area contributed by atoms with Gasteiger partial charge in [0, 0.05) is 19.7 Å². The van der Waals surface area contributed by atoms with Gasteiger partial charge >= 0.3 is 0 Å². The van der Waals surface area contributed by atoms with Crippen molar-refractivity contribution < 1.29 is 9.53 Å². The summed E-state index contributed by atoms with van der Waals surface area (Å²) in [5.41, 5.74) is 0. The Kier molecular flexibility index (Phi) is 4.18. The normalized spacial score (nSPS) is 31.1. The standard InChI is InChI=1S/C12H22N2O2/c1-2-13-11-6-7-14(12(11)15)9-10-5-3-4-8-16-10/h10-11,13H,2-9H2,1H3. The molecule has 2 fully saturated rings. The van der Waals surface area contributed by atoms with E-state index in [0.29, 0.717) is 0 Å². The molecule has 0 radical (unpaired) electrons. The van der Waals surface area contributed by atoms with Crippen LogP contribution in [-0.2, 0) is 9.53 Å². The van der Waals surface area contributed by atoms with Crippen molar-refractivity contribution in [1.29, 1.82) is 0 Å². The van der Waals surface area contributed by atoms with Gasteiger partial charge in [0.1, 0.15) is 0 Å². The second-order valence-corrected chi connectivity index (χ2v) is 4.67. The predicted octanol–water partition coefficient (Wildman–Crippen LogP) is 0.766. The Bertz CT molecular complexity index is 239. The van der Waals surface area contributed by atoms with Crippen LogP contribution in [0.2, 0.25) is 0 Å². The zero-order valence-electron chi connectivity index (χ0n) is 10.1. The van der Waals surface area contributed by atoms with Gasteiger partial charge in [-0.2, -0.15) is 0 Å². The Morgan fingerprint density at radius 1 is 1.44 bits per heavy atom. The highest BCUT2D eigenvalue weighted by atomic mass is 16.5. The quantitative estimate of drug-likeness (QED) is 0.769. The third-order valence-corrected chi connectivity index (χ3v) is 3.45. The molecule has 2 aliphatic heterocycles. The summed E-state index contributed by atoms with van der Waals surface area (Å²) in [7, 11) is 0. The maximum Gasteiger partial charge on any atom is 0.239 e. The Hall–Kier alpha value is -0.610. The van der Waals surface area contributed by atoms with E-state index in [9.17, 15) is 4.79 Å². The number of ether oxygens (including phenoxy) is 1. The van der Waals surface area contributed by atoms with Gasteiger partial charge in [0.2, 0.25) is 5.91 Å². The fourth-order valence-electron chi connectivity index (χ4n) is 2.55. The summed E-state index contributed by atoms with van der Waals surface area (Å²) < 4.78 is 5.67. The molecule has 4 heteroatoms. The number of likely N-dealkylation sites (tertiary alicyclic amines) is 1. The van der Waals surface area contributed by atoms with Gasteiger partial charge in [-0.3, -0.25) is 4.79 Å². The number of hydrogen-bond acceptors (Lipinski definition) is 3. The number of nitrogens with zero attached hydrogens (tertiary/aromatic N) is 1. The highest BCUT2D eigenvalue weighted by Crippen LogP contribution is 2.17. The van der Waals surface area contributed by atoms with Crippen LogP contribution in [0.25, 0.3) is 0 Å². The van der Waals surface area contributed by atoms with Crippen molar-refractivity contribution in [2.75, 3.05) is 26.2 Å². The first-order valence-electron chi connectivity index (χ1n) is 6.45. The summed E-state index contributed by atoms with van der Waals surface area (Å²) in [6.45, 7) is 5.45. The van der Waals surface area contributed by atoms with Gasteiger partial charge in [0.05, 0.1) is 12.1 Å². The van der Waals surface area contributed by atoms with Crippen LogP contribution in [-0.4, -0.2) is 49.2 Å². The van der Waals surface area contributed by atoms with E-state index in [4.69, 9.17) is 4.74 Å². The molecule has 1 amide bonds. The molecule has 0 spiro atoms. The van der Waals surface area contributed by atoms with Crippen LogP contribution >= 0.6 is 0 Å². The van der Waals surface area contributed by atoms with Gasteiger partial charge in [-0.15, -0.1) is 0 Å². The van der Waals surface area contributed by atoms with Crippen molar-refractivity contribution in [3.05, 3.63) is 0 Å². The smallest absolute Gasteiger partial charge is 0.239 e. The zero-order valence-corrected chi connectivity index (χ0v) is 10.1. The monoisotopic (exact) mass is 226 g/mol. The van der Waals surface area contributed by atoms with Crippen LogP contribution in [0.5, 0.6) is 0 Å². The zero-order chi connectivity index (χ0) is 11.4.